The Morgan fingerprint density at radius 2 is 1.73 bits per heavy atom. The molecule has 0 aromatic heterocycles. The zero-order chi connectivity index (χ0) is 10.1. The van der Waals surface area contributed by atoms with Crippen molar-refractivity contribution in [2.24, 2.45) is 0 Å². The van der Waals surface area contributed by atoms with E-state index < -0.39 is 5.97 Å². The number of rotatable bonds is 1. The fourth-order valence-electron chi connectivity index (χ4n) is 1.48. The average molecular weight is 385 g/mol. The van der Waals surface area contributed by atoms with Crippen molar-refractivity contribution in [3.8, 4) is 5.75 Å². The number of carboxylic acids is 1. The minimum absolute atomic E-state index is 0. The molecule has 0 unspecified atom stereocenters. The molecule has 0 aliphatic rings. The number of benzene rings is 2. The maximum absolute atomic E-state index is 10.9. The summed E-state index contributed by atoms with van der Waals surface area (Å²) < 4.78 is 0. The zero-order valence-electron chi connectivity index (χ0n) is 7.57. The van der Waals surface area contributed by atoms with Gasteiger partial charge >= 0.3 is 5.97 Å². The second-order valence-corrected chi connectivity index (χ2v) is 2.99. The Kier molecular flexibility index (Phi) is 3.52. The Morgan fingerprint density at radius 3 is 2.40 bits per heavy atom. The van der Waals surface area contributed by atoms with Crippen LogP contribution in [0.15, 0.2) is 36.4 Å². The van der Waals surface area contributed by atoms with Crippen LogP contribution in [0.4, 0.5) is 0 Å². The molecule has 0 amide bonds. The van der Waals surface area contributed by atoms with Crippen LogP contribution in [-0.4, -0.2) is 16.2 Å². The van der Waals surface area contributed by atoms with E-state index in [4.69, 9.17) is 5.11 Å². The zero-order valence-corrected chi connectivity index (χ0v) is 9.73. The molecule has 0 bridgehead atoms. The Hall–Kier alpha value is -1.29. The summed E-state index contributed by atoms with van der Waals surface area (Å²) in [5.74, 6) is -1.31. The Balaban J connectivity index is 0.00000112. The molecule has 0 saturated carbocycles. The summed E-state index contributed by atoms with van der Waals surface area (Å²) >= 11 is 0. The first-order chi connectivity index (χ1) is 6.70. The molecule has 81 valence electrons. The van der Waals surface area contributed by atoms with Gasteiger partial charge in [0.05, 0.1) is 0 Å². The van der Waals surface area contributed by atoms with E-state index in [0.29, 0.717) is 5.39 Å². The summed E-state index contributed by atoms with van der Waals surface area (Å²) in [5.41, 5.74) is -0.0388. The second-order valence-electron chi connectivity index (χ2n) is 2.99. The van der Waals surface area contributed by atoms with Gasteiger partial charge in [-0.15, -0.1) is 0 Å². The Morgan fingerprint density at radius 1 is 1.07 bits per heavy atom. The number of fused-ring (bicyclic) bond motifs is 1. The molecule has 0 saturated heterocycles. The van der Waals surface area contributed by atoms with Crippen LogP contribution in [0.5, 0.6) is 5.75 Å². The average Bonchev–Trinajstić information content (AvgIpc) is 2.17. The summed E-state index contributed by atoms with van der Waals surface area (Å²) in [6, 6.07) is 10.1. The van der Waals surface area contributed by atoms with E-state index in [9.17, 15) is 9.90 Å². The summed E-state index contributed by atoms with van der Waals surface area (Å²) in [7, 11) is 0. The fraction of sp³-hybridized carbons (Fsp3) is 0. The standard InChI is InChI=1S/C11H8O3.Au/c12-9-6-5-7-3-1-2-4-8(7)10(9)11(13)14;/h1-6,12H,(H,13,14);. The van der Waals surface area contributed by atoms with Crippen LogP contribution in [0.2, 0.25) is 0 Å². The molecule has 2 N–H and O–H groups in total. The third kappa shape index (κ3) is 2.04. The molecule has 3 nitrogen and oxygen atoms in total. The van der Waals surface area contributed by atoms with E-state index in [2.05, 4.69) is 0 Å². The first kappa shape index (κ1) is 11.8. The number of carboxylic acid groups (broad SMARTS) is 1. The minimum atomic E-state index is -1.11. The van der Waals surface area contributed by atoms with Crippen LogP contribution < -0.4 is 0 Å². The van der Waals surface area contributed by atoms with Crippen molar-refractivity contribution in [1.29, 1.82) is 0 Å². The number of aromatic carboxylic acids is 1. The van der Waals surface area contributed by atoms with Gasteiger partial charge in [-0.3, -0.25) is 0 Å². The van der Waals surface area contributed by atoms with Gasteiger partial charge in [0.2, 0.25) is 0 Å². The van der Waals surface area contributed by atoms with Gasteiger partial charge in [0, 0.05) is 22.4 Å². The maximum Gasteiger partial charge on any atom is 0.340 e. The van der Waals surface area contributed by atoms with Crippen LogP contribution in [0.25, 0.3) is 10.8 Å². The van der Waals surface area contributed by atoms with E-state index in [0.717, 1.165) is 5.39 Å². The summed E-state index contributed by atoms with van der Waals surface area (Å²) in [6.45, 7) is 0. The van der Waals surface area contributed by atoms with Gasteiger partial charge in [-0.2, -0.15) is 0 Å². The number of aromatic hydroxyl groups is 1. The minimum Gasteiger partial charge on any atom is -0.507 e. The molecule has 2 aromatic carbocycles. The molecule has 1 radical (unpaired) electrons. The molecule has 4 heteroatoms. The van der Waals surface area contributed by atoms with E-state index in [-0.39, 0.29) is 33.7 Å². The third-order valence-corrected chi connectivity index (χ3v) is 2.12. The van der Waals surface area contributed by atoms with Gasteiger partial charge in [0.25, 0.3) is 0 Å². The molecular formula is C11H8AuO3. The van der Waals surface area contributed by atoms with Crippen molar-refractivity contribution in [3.05, 3.63) is 42.0 Å². The monoisotopic (exact) mass is 385 g/mol. The van der Waals surface area contributed by atoms with Crippen molar-refractivity contribution < 1.29 is 37.4 Å². The molecule has 2 rings (SSSR count). The molecule has 0 spiro atoms. The molecular weight excluding hydrogens is 377 g/mol. The van der Waals surface area contributed by atoms with Crippen molar-refractivity contribution in [2.75, 3.05) is 0 Å². The SMILES string of the molecule is O=C(O)c1c(O)ccc2ccccc12.[Au]. The summed E-state index contributed by atoms with van der Waals surface area (Å²) in [5, 5.41) is 19.7. The third-order valence-electron chi connectivity index (χ3n) is 2.12. The van der Waals surface area contributed by atoms with Crippen LogP contribution in [0.1, 0.15) is 10.4 Å². The summed E-state index contributed by atoms with van der Waals surface area (Å²) in [4.78, 5) is 10.9. The van der Waals surface area contributed by atoms with Gasteiger partial charge in [0.15, 0.2) is 0 Å². The normalized spacial score (nSPS) is 9.60. The quantitative estimate of drug-likeness (QED) is 0.741. The van der Waals surface area contributed by atoms with Gasteiger partial charge in [-0.05, 0) is 16.8 Å². The van der Waals surface area contributed by atoms with Crippen molar-refractivity contribution >= 4 is 16.7 Å². The molecule has 0 fully saturated rings. The molecule has 2 aromatic rings. The van der Waals surface area contributed by atoms with Crippen LogP contribution >= 0.6 is 0 Å². The first-order valence-electron chi connectivity index (χ1n) is 4.14. The van der Waals surface area contributed by atoms with Crippen molar-refractivity contribution in [2.45, 2.75) is 0 Å². The molecule has 0 atom stereocenters. The van der Waals surface area contributed by atoms with Crippen LogP contribution in [0, 0.1) is 0 Å². The molecule has 0 aliphatic heterocycles. The van der Waals surface area contributed by atoms with Gasteiger partial charge in [-0.25, -0.2) is 4.79 Å². The van der Waals surface area contributed by atoms with Gasteiger partial charge in [-0.1, -0.05) is 30.3 Å². The molecule has 15 heavy (non-hydrogen) atoms. The van der Waals surface area contributed by atoms with E-state index >= 15 is 0 Å². The molecule has 0 heterocycles. The maximum atomic E-state index is 10.9. The van der Waals surface area contributed by atoms with Gasteiger partial charge in [0.1, 0.15) is 11.3 Å². The summed E-state index contributed by atoms with van der Waals surface area (Å²) in [6.07, 6.45) is 0. The first-order valence-corrected chi connectivity index (χ1v) is 4.14. The van der Waals surface area contributed by atoms with Crippen molar-refractivity contribution in [1.82, 2.24) is 0 Å². The van der Waals surface area contributed by atoms with Gasteiger partial charge < -0.3 is 10.2 Å². The Bertz CT molecular complexity index is 508. The van der Waals surface area contributed by atoms with Crippen molar-refractivity contribution in [3.63, 3.8) is 0 Å². The number of phenols is 1. The number of carbonyl (C=O) groups is 1. The predicted molar refractivity (Wildman–Crippen MR) is 52.6 cm³/mol. The smallest absolute Gasteiger partial charge is 0.340 e. The largest absolute Gasteiger partial charge is 0.507 e. The van der Waals surface area contributed by atoms with E-state index in [1.165, 1.54) is 6.07 Å². The fourth-order valence-corrected chi connectivity index (χ4v) is 1.48. The van der Waals surface area contributed by atoms with E-state index in [1.807, 2.05) is 6.07 Å². The van der Waals surface area contributed by atoms with Crippen LogP contribution in [0.3, 0.4) is 0 Å². The number of hydrogen-bond acceptors (Lipinski definition) is 2. The Labute approximate surface area is 102 Å². The van der Waals surface area contributed by atoms with Crippen LogP contribution in [-0.2, 0) is 22.4 Å². The topological polar surface area (TPSA) is 57.5 Å². The molecule has 0 aliphatic carbocycles. The predicted octanol–water partition coefficient (Wildman–Crippen LogP) is 2.24. The van der Waals surface area contributed by atoms with E-state index in [1.54, 1.807) is 24.3 Å². The number of hydrogen-bond donors (Lipinski definition) is 2. The second kappa shape index (κ2) is 4.49.